The second kappa shape index (κ2) is 6.56. The lowest BCUT2D eigenvalue weighted by Crippen LogP contribution is -2.32. The molecule has 1 amide bonds. The minimum Gasteiger partial charge on any atom is -0.350 e. The third kappa shape index (κ3) is 4.19. The van der Waals surface area contributed by atoms with Crippen LogP contribution in [-0.2, 0) is 10.0 Å². The number of carbonyl (C=O) groups is 1. The molecule has 112 valence electrons. The molecular weight excluding hydrogens is 300 g/mol. The Kier molecular flexibility index (Phi) is 5.56. The Morgan fingerprint density at radius 3 is 2.55 bits per heavy atom. The van der Waals surface area contributed by atoms with Crippen molar-refractivity contribution in [1.29, 1.82) is 0 Å². The summed E-state index contributed by atoms with van der Waals surface area (Å²) in [5, 5.41) is 8.11. The van der Waals surface area contributed by atoms with Crippen LogP contribution in [0.25, 0.3) is 0 Å². The highest BCUT2D eigenvalue weighted by molar-refractivity contribution is 7.89. The fourth-order valence-corrected chi connectivity index (χ4v) is 3.00. The van der Waals surface area contributed by atoms with Gasteiger partial charge in [0.15, 0.2) is 0 Å². The average molecular weight is 319 g/mol. The molecule has 0 fully saturated rings. The lowest BCUT2D eigenvalue weighted by atomic mass is 10.1. The summed E-state index contributed by atoms with van der Waals surface area (Å²) in [5.41, 5.74) is 0.528. The van der Waals surface area contributed by atoms with Gasteiger partial charge in [-0.1, -0.05) is 24.9 Å². The fourth-order valence-electron chi connectivity index (χ4n) is 1.89. The van der Waals surface area contributed by atoms with E-state index in [1.54, 1.807) is 6.92 Å². The van der Waals surface area contributed by atoms with Crippen LogP contribution in [0.5, 0.6) is 0 Å². The van der Waals surface area contributed by atoms with Crippen molar-refractivity contribution in [2.24, 2.45) is 5.14 Å². The predicted molar refractivity (Wildman–Crippen MR) is 79.4 cm³/mol. The second-order valence-electron chi connectivity index (χ2n) is 4.79. The Bertz CT molecular complexity index is 614. The quantitative estimate of drug-likeness (QED) is 0.872. The first-order chi connectivity index (χ1) is 9.16. The van der Waals surface area contributed by atoms with Gasteiger partial charge in [-0.05, 0) is 38.0 Å². The van der Waals surface area contributed by atoms with E-state index < -0.39 is 10.0 Å². The highest BCUT2D eigenvalue weighted by Gasteiger charge is 2.18. The summed E-state index contributed by atoms with van der Waals surface area (Å²) >= 11 is 5.97. The van der Waals surface area contributed by atoms with Gasteiger partial charge in [0.2, 0.25) is 10.0 Å². The van der Waals surface area contributed by atoms with Crippen LogP contribution in [-0.4, -0.2) is 20.4 Å². The lowest BCUT2D eigenvalue weighted by Gasteiger charge is -2.14. The first-order valence-electron chi connectivity index (χ1n) is 6.30. The highest BCUT2D eigenvalue weighted by atomic mass is 35.5. The molecule has 0 aliphatic heterocycles. The van der Waals surface area contributed by atoms with E-state index in [0.717, 1.165) is 12.8 Å². The Balaban J connectivity index is 3.15. The third-order valence-corrected chi connectivity index (χ3v) is 4.39. The van der Waals surface area contributed by atoms with Crippen molar-refractivity contribution in [3.63, 3.8) is 0 Å². The van der Waals surface area contributed by atoms with E-state index in [4.69, 9.17) is 16.7 Å². The first kappa shape index (κ1) is 16.9. The molecule has 1 atom stereocenters. The van der Waals surface area contributed by atoms with Gasteiger partial charge in [0.1, 0.15) is 0 Å². The van der Waals surface area contributed by atoms with Gasteiger partial charge in [-0.2, -0.15) is 0 Å². The summed E-state index contributed by atoms with van der Waals surface area (Å²) in [5.74, 6) is -0.363. The van der Waals surface area contributed by atoms with Crippen LogP contribution in [0.2, 0.25) is 5.02 Å². The molecule has 1 aromatic rings. The number of hydrogen-bond donors (Lipinski definition) is 2. The highest BCUT2D eigenvalue weighted by Crippen LogP contribution is 2.24. The van der Waals surface area contributed by atoms with Crippen LogP contribution in [0.15, 0.2) is 17.0 Å². The molecule has 1 unspecified atom stereocenters. The second-order valence-corrected chi connectivity index (χ2v) is 6.73. The van der Waals surface area contributed by atoms with Crippen molar-refractivity contribution in [3.8, 4) is 0 Å². The predicted octanol–water partition coefficient (Wildman–Crippen LogP) is 2.21. The zero-order valence-corrected chi connectivity index (χ0v) is 13.3. The van der Waals surface area contributed by atoms with E-state index in [9.17, 15) is 13.2 Å². The maximum absolute atomic E-state index is 12.1. The number of hydrogen-bond acceptors (Lipinski definition) is 3. The van der Waals surface area contributed by atoms with Crippen molar-refractivity contribution in [2.45, 2.75) is 44.6 Å². The lowest BCUT2D eigenvalue weighted by molar-refractivity contribution is 0.0938. The maximum atomic E-state index is 12.1. The van der Waals surface area contributed by atoms with E-state index in [0.29, 0.717) is 5.56 Å². The van der Waals surface area contributed by atoms with E-state index in [2.05, 4.69) is 5.32 Å². The number of rotatable bonds is 5. The molecule has 0 aliphatic carbocycles. The molecule has 1 rings (SSSR count). The minimum absolute atomic E-state index is 0.00510. The standard InChI is InChI=1S/C13H19ClN2O3S/c1-4-5-8(2)16-13(17)10-6-11(14)9(3)12(7-10)20(15,18)19/h6-8H,4-5H2,1-3H3,(H,16,17)(H2,15,18,19). The molecule has 0 saturated carbocycles. The summed E-state index contributed by atoms with van der Waals surface area (Å²) in [6.07, 6.45) is 1.78. The van der Waals surface area contributed by atoms with Gasteiger partial charge >= 0.3 is 0 Å². The van der Waals surface area contributed by atoms with Crippen LogP contribution in [0.4, 0.5) is 0 Å². The number of benzene rings is 1. The Hall–Kier alpha value is -1.11. The SMILES string of the molecule is CCCC(C)NC(=O)c1cc(Cl)c(C)c(S(N)(=O)=O)c1. The Labute approximate surface area is 124 Å². The molecule has 0 radical (unpaired) electrons. The number of amides is 1. The number of sulfonamides is 1. The van der Waals surface area contributed by atoms with Crippen molar-refractivity contribution in [3.05, 3.63) is 28.3 Å². The number of halogens is 1. The Morgan fingerprint density at radius 1 is 1.45 bits per heavy atom. The number of nitrogens with one attached hydrogen (secondary N) is 1. The van der Waals surface area contributed by atoms with Gasteiger partial charge in [0, 0.05) is 16.6 Å². The normalized spacial score (nSPS) is 13.1. The molecule has 7 heteroatoms. The van der Waals surface area contributed by atoms with E-state index in [1.165, 1.54) is 12.1 Å². The fraction of sp³-hybridized carbons (Fsp3) is 0.462. The van der Waals surface area contributed by atoms with E-state index in [1.807, 2.05) is 13.8 Å². The van der Waals surface area contributed by atoms with Crippen molar-refractivity contribution in [2.75, 3.05) is 0 Å². The largest absolute Gasteiger partial charge is 0.350 e. The maximum Gasteiger partial charge on any atom is 0.251 e. The molecule has 20 heavy (non-hydrogen) atoms. The van der Waals surface area contributed by atoms with Gasteiger partial charge in [0.25, 0.3) is 5.91 Å². The molecule has 3 N–H and O–H groups in total. The molecule has 0 saturated heterocycles. The monoisotopic (exact) mass is 318 g/mol. The first-order valence-corrected chi connectivity index (χ1v) is 8.23. The average Bonchev–Trinajstić information content (AvgIpc) is 2.30. The zero-order valence-electron chi connectivity index (χ0n) is 11.7. The third-order valence-electron chi connectivity index (χ3n) is 2.96. The molecule has 0 bridgehead atoms. The Morgan fingerprint density at radius 2 is 2.05 bits per heavy atom. The molecular formula is C13H19ClN2O3S. The summed E-state index contributed by atoms with van der Waals surface area (Å²) < 4.78 is 23.0. The molecule has 0 aliphatic rings. The van der Waals surface area contributed by atoms with Gasteiger partial charge in [0.05, 0.1) is 4.90 Å². The summed E-state index contributed by atoms with van der Waals surface area (Å²) in [4.78, 5) is 11.9. The van der Waals surface area contributed by atoms with Crippen LogP contribution >= 0.6 is 11.6 Å². The topological polar surface area (TPSA) is 89.3 Å². The summed E-state index contributed by atoms with van der Waals surface area (Å²) in [6.45, 7) is 5.45. The zero-order chi connectivity index (χ0) is 15.5. The van der Waals surface area contributed by atoms with Crippen LogP contribution < -0.4 is 10.5 Å². The summed E-state index contributed by atoms with van der Waals surface area (Å²) in [7, 11) is -3.92. The van der Waals surface area contributed by atoms with Crippen LogP contribution in [0, 0.1) is 6.92 Å². The number of carbonyl (C=O) groups excluding carboxylic acids is 1. The van der Waals surface area contributed by atoms with Crippen LogP contribution in [0.1, 0.15) is 42.6 Å². The van der Waals surface area contributed by atoms with Gasteiger partial charge < -0.3 is 5.32 Å². The number of primary sulfonamides is 1. The van der Waals surface area contributed by atoms with Gasteiger partial charge in [-0.3, -0.25) is 4.79 Å². The molecule has 1 aromatic carbocycles. The molecule has 0 heterocycles. The minimum atomic E-state index is -3.92. The van der Waals surface area contributed by atoms with Crippen molar-refractivity contribution >= 4 is 27.5 Å². The van der Waals surface area contributed by atoms with Crippen molar-refractivity contribution < 1.29 is 13.2 Å². The number of nitrogens with two attached hydrogens (primary N) is 1. The summed E-state index contributed by atoms with van der Waals surface area (Å²) in [6, 6.07) is 2.70. The molecule has 0 aromatic heterocycles. The molecule has 0 spiro atoms. The van der Waals surface area contributed by atoms with Crippen molar-refractivity contribution in [1.82, 2.24) is 5.32 Å². The van der Waals surface area contributed by atoms with Gasteiger partial charge in [-0.15, -0.1) is 0 Å². The smallest absolute Gasteiger partial charge is 0.251 e. The molecule has 5 nitrogen and oxygen atoms in total. The van der Waals surface area contributed by atoms with E-state index in [-0.39, 0.29) is 27.4 Å². The van der Waals surface area contributed by atoms with E-state index >= 15 is 0 Å². The van der Waals surface area contributed by atoms with Crippen LogP contribution in [0.3, 0.4) is 0 Å². The van der Waals surface area contributed by atoms with Gasteiger partial charge in [-0.25, -0.2) is 13.6 Å².